The molecule has 0 saturated heterocycles. The Kier molecular flexibility index (Phi) is 4.74. The van der Waals surface area contributed by atoms with E-state index in [0.717, 1.165) is 16.3 Å². The Hall–Kier alpha value is -1.44. The molecule has 0 spiro atoms. The van der Waals surface area contributed by atoms with E-state index in [2.05, 4.69) is 15.0 Å². The number of hydrogen-bond donors (Lipinski definition) is 2. The molecule has 2 rings (SSSR count). The number of pyridine rings is 1. The summed E-state index contributed by atoms with van der Waals surface area (Å²) in [6, 6.07) is 7.11. The molecule has 7 heteroatoms. The first-order valence-electron chi connectivity index (χ1n) is 6.26. The zero-order chi connectivity index (χ0) is 14.6. The zero-order valence-corrected chi connectivity index (χ0v) is 13.0. The molecule has 2 aromatic heterocycles. The maximum absolute atomic E-state index is 12.1. The summed E-state index contributed by atoms with van der Waals surface area (Å²) in [5.74, 6) is 0.667. The molecule has 0 saturated carbocycles. The number of aryl methyl sites for hydroxylation is 1. The Morgan fingerprint density at radius 2 is 2.05 bits per heavy atom. The van der Waals surface area contributed by atoms with Crippen LogP contribution in [0.2, 0.25) is 0 Å². The minimum absolute atomic E-state index is 0.174. The second-order valence-electron chi connectivity index (χ2n) is 4.25. The van der Waals surface area contributed by atoms with Gasteiger partial charge in [0.25, 0.3) is 0 Å². The SMILES string of the molecule is CCNc1ccc(S(=O)(=O)NCc2ccc(C)s2)cn1. The topological polar surface area (TPSA) is 71.1 Å². The van der Waals surface area contributed by atoms with E-state index in [1.165, 1.54) is 6.20 Å². The van der Waals surface area contributed by atoms with Crippen molar-refractivity contribution in [3.8, 4) is 0 Å². The molecule has 0 aromatic carbocycles. The van der Waals surface area contributed by atoms with Crippen LogP contribution < -0.4 is 10.0 Å². The second kappa shape index (κ2) is 6.34. The highest BCUT2D eigenvalue weighted by molar-refractivity contribution is 7.89. The summed E-state index contributed by atoms with van der Waals surface area (Å²) in [5.41, 5.74) is 0. The van der Waals surface area contributed by atoms with Crippen molar-refractivity contribution in [3.63, 3.8) is 0 Å². The lowest BCUT2D eigenvalue weighted by Crippen LogP contribution is -2.23. The highest BCUT2D eigenvalue weighted by Crippen LogP contribution is 2.16. The van der Waals surface area contributed by atoms with Gasteiger partial charge in [0.2, 0.25) is 10.0 Å². The predicted octanol–water partition coefficient (Wildman–Crippen LogP) is 2.36. The lowest BCUT2D eigenvalue weighted by Gasteiger charge is -2.06. The Morgan fingerprint density at radius 1 is 1.25 bits per heavy atom. The highest BCUT2D eigenvalue weighted by Gasteiger charge is 2.14. The molecule has 2 heterocycles. The van der Waals surface area contributed by atoms with Crippen molar-refractivity contribution in [2.24, 2.45) is 0 Å². The van der Waals surface area contributed by atoms with Gasteiger partial charge in [0.1, 0.15) is 10.7 Å². The van der Waals surface area contributed by atoms with E-state index in [9.17, 15) is 8.42 Å². The normalized spacial score (nSPS) is 11.5. The van der Waals surface area contributed by atoms with Gasteiger partial charge in [0, 0.05) is 29.0 Å². The number of rotatable bonds is 6. The van der Waals surface area contributed by atoms with Gasteiger partial charge < -0.3 is 5.32 Å². The van der Waals surface area contributed by atoms with Gasteiger partial charge in [0.05, 0.1) is 0 Å². The van der Waals surface area contributed by atoms with Crippen LogP contribution in [-0.2, 0) is 16.6 Å². The largest absolute Gasteiger partial charge is 0.370 e. The number of nitrogens with zero attached hydrogens (tertiary/aromatic N) is 1. The van der Waals surface area contributed by atoms with Gasteiger partial charge in [-0.2, -0.15) is 0 Å². The van der Waals surface area contributed by atoms with Crippen LogP contribution >= 0.6 is 11.3 Å². The van der Waals surface area contributed by atoms with E-state index in [-0.39, 0.29) is 4.90 Å². The van der Waals surface area contributed by atoms with Gasteiger partial charge in [-0.15, -0.1) is 11.3 Å². The fourth-order valence-electron chi connectivity index (χ4n) is 1.65. The van der Waals surface area contributed by atoms with E-state index in [1.54, 1.807) is 23.5 Å². The smallest absolute Gasteiger partial charge is 0.242 e. The average molecular weight is 311 g/mol. The van der Waals surface area contributed by atoms with Crippen LogP contribution in [0.4, 0.5) is 5.82 Å². The molecule has 0 aliphatic heterocycles. The third-order valence-electron chi connectivity index (χ3n) is 2.64. The van der Waals surface area contributed by atoms with E-state index in [1.807, 2.05) is 26.0 Å². The fourth-order valence-corrected chi connectivity index (χ4v) is 3.53. The molecule has 0 radical (unpaired) electrons. The maximum atomic E-state index is 12.1. The molecular formula is C13H17N3O2S2. The molecule has 0 fully saturated rings. The lowest BCUT2D eigenvalue weighted by molar-refractivity contribution is 0.581. The molecule has 20 heavy (non-hydrogen) atoms. The molecule has 2 N–H and O–H groups in total. The molecule has 5 nitrogen and oxygen atoms in total. The number of thiophene rings is 1. The van der Waals surface area contributed by atoms with Gasteiger partial charge in [-0.3, -0.25) is 0 Å². The molecular weight excluding hydrogens is 294 g/mol. The first-order chi connectivity index (χ1) is 9.51. The Balaban J connectivity index is 2.05. The van der Waals surface area contributed by atoms with Crippen LogP contribution in [-0.4, -0.2) is 19.9 Å². The summed E-state index contributed by atoms with van der Waals surface area (Å²) in [5, 5.41) is 3.02. The summed E-state index contributed by atoms with van der Waals surface area (Å²) >= 11 is 1.58. The first kappa shape index (κ1) is 15.0. The van der Waals surface area contributed by atoms with Crippen molar-refractivity contribution in [1.29, 1.82) is 0 Å². The van der Waals surface area contributed by atoms with Crippen molar-refractivity contribution in [2.45, 2.75) is 25.3 Å². The summed E-state index contributed by atoms with van der Waals surface area (Å²) < 4.78 is 26.8. The van der Waals surface area contributed by atoms with Crippen LogP contribution in [0, 0.1) is 6.92 Å². The molecule has 0 amide bonds. The molecule has 2 aromatic rings. The number of anilines is 1. The molecule has 108 valence electrons. The van der Waals surface area contributed by atoms with Crippen molar-refractivity contribution >= 4 is 27.2 Å². The van der Waals surface area contributed by atoms with Crippen molar-refractivity contribution in [1.82, 2.24) is 9.71 Å². The van der Waals surface area contributed by atoms with Gasteiger partial charge in [0.15, 0.2) is 0 Å². The van der Waals surface area contributed by atoms with E-state index in [0.29, 0.717) is 12.4 Å². The highest BCUT2D eigenvalue weighted by atomic mass is 32.2. The lowest BCUT2D eigenvalue weighted by atomic mass is 10.4. The van der Waals surface area contributed by atoms with Crippen molar-refractivity contribution < 1.29 is 8.42 Å². The van der Waals surface area contributed by atoms with E-state index < -0.39 is 10.0 Å². The Labute approximate surface area is 123 Å². The minimum Gasteiger partial charge on any atom is -0.370 e. The van der Waals surface area contributed by atoms with E-state index >= 15 is 0 Å². The summed E-state index contributed by atoms with van der Waals surface area (Å²) in [6.45, 7) is 4.99. The number of nitrogens with one attached hydrogen (secondary N) is 2. The number of aromatic nitrogens is 1. The zero-order valence-electron chi connectivity index (χ0n) is 11.4. The average Bonchev–Trinajstić information content (AvgIpc) is 2.84. The van der Waals surface area contributed by atoms with Gasteiger partial charge in [-0.25, -0.2) is 18.1 Å². The van der Waals surface area contributed by atoms with E-state index in [4.69, 9.17) is 0 Å². The quantitative estimate of drug-likeness (QED) is 0.859. The minimum atomic E-state index is -3.51. The molecule has 0 atom stereocenters. The molecule has 0 aliphatic rings. The van der Waals surface area contributed by atoms with Gasteiger partial charge >= 0.3 is 0 Å². The van der Waals surface area contributed by atoms with Crippen molar-refractivity contribution in [3.05, 3.63) is 40.2 Å². The molecule has 0 unspecified atom stereocenters. The molecule has 0 aliphatic carbocycles. The number of hydrogen-bond acceptors (Lipinski definition) is 5. The van der Waals surface area contributed by atoms with Crippen LogP contribution in [0.15, 0.2) is 35.4 Å². The van der Waals surface area contributed by atoms with Crippen molar-refractivity contribution in [2.75, 3.05) is 11.9 Å². The van der Waals surface area contributed by atoms with Gasteiger partial charge in [-0.05, 0) is 38.1 Å². The predicted molar refractivity (Wildman–Crippen MR) is 81.5 cm³/mol. The summed E-state index contributed by atoms with van der Waals surface area (Å²) in [7, 11) is -3.51. The molecule has 0 bridgehead atoms. The van der Waals surface area contributed by atoms with Gasteiger partial charge in [-0.1, -0.05) is 0 Å². The second-order valence-corrected chi connectivity index (χ2v) is 7.39. The van der Waals surface area contributed by atoms with Crippen LogP contribution in [0.1, 0.15) is 16.7 Å². The fraction of sp³-hybridized carbons (Fsp3) is 0.308. The number of sulfonamides is 1. The summed E-state index contributed by atoms with van der Waals surface area (Å²) in [4.78, 5) is 6.39. The Morgan fingerprint density at radius 3 is 2.60 bits per heavy atom. The van der Waals surface area contributed by atoms with Crippen LogP contribution in [0.3, 0.4) is 0 Å². The van der Waals surface area contributed by atoms with Crippen LogP contribution in [0.25, 0.3) is 0 Å². The summed E-state index contributed by atoms with van der Waals surface area (Å²) in [6.07, 6.45) is 1.36. The monoisotopic (exact) mass is 311 g/mol. The standard InChI is InChI=1S/C13H17N3O2S2/c1-3-14-13-7-6-12(9-15-13)20(17,18)16-8-11-5-4-10(2)19-11/h4-7,9,16H,3,8H2,1-2H3,(H,14,15). The van der Waals surface area contributed by atoms with Crippen LogP contribution in [0.5, 0.6) is 0 Å². The Bertz CT molecular complexity index is 663. The third kappa shape index (κ3) is 3.78. The third-order valence-corrected chi connectivity index (χ3v) is 5.02. The first-order valence-corrected chi connectivity index (χ1v) is 8.56. The maximum Gasteiger partial charge on any atom is 0.242 e.